The van der Waals surface area contributed by atoms with Gasteiger partial charge in [0.2, 0.25) is 5.76 Å². The number of carbonyl (C=O) groups is 2. The first-order chi connectivity index (χ1) is 14.5. The number of ether oxygens (including phenoxy) is 1. The van der Waals surface area contributed by atoms with E-state index in [4.69, 9.17) is 21.4 Å². The van der Waals surface area contributed by atoms with Crippen LogP contribution in [0.1, 0.15) is 21.7 Å². The van der Waals surface area contributed by atoms with Gasteiger partial charge in [-0.15, -0.1) is 6.58 Å². The summed E-state index contributed by atoms with van der Waals surface area (Å²) in [5, 5.41) is 0.883. The average Bonchev–Trinajstić information content (AvgIpc) is 3.21. The minimum Gasteiger partial charge on any atom is -0.449 e. The monoisotopic (exact) mass is 435 g/mol. The molecular weight excluding hydrogens is 418 g/mol. The molecule has 0 N–H and O–H groups in total. The van der Waals surface area contributed by atoms with Gasteiger partial charge in [-0.2, -0.15) is 0 Å². The first-order valence-corrected chi connectivity index (χ1v) is 10.4. The normalized spacial score (nSPS) is 15.2. The molecule has 1 saturated heterocycles. The Morgan fingerprint density at radius 2 is 1.97 bits per heavy atom. The number of rotatable bonds is 5. The zero-order valence-electron chi connectivity index (χ0n) is 16.1. The summed E-state index contributed by atoms with van der Waals surface area (Å²) in [6, 6.07) is 14.3. The summed E-state index contributed by atoms with van der Waals surface area (Å²) in [6.07, 6.45) is 3.40. The Morgan fingerprint density at radius 3 is 2.67 bits per heavy atom. The predicted octanol–water partition coefficient (Wildman–Crippen LogP) is 5.35. The van der Waals surface area contributed by atoms with Gasteiger partial charge in [0.15, 0.2) is 0 Å². The Labute approximate surface area is 183 Å². The van der Waals surface area contributed by atoms with Crippen LogP contribution in [0.3, 0.4) is 0 Å². The van der Waals surface area contributed by atoms with Crippen molar-refractivity contribution in [1.29, 1.82) is 0 Å². The van der Waals surface area contributed by atoms with Crippen molar-refractivity contribution in [2.24, 2.45) is 0 Å². The number of esters is 1. The van der Waals surface area contributed by atoms with Gasteiger partial charge in [0.25, 0.3) is 5.91 Å². The first-order valence-electron chi connectivity index (χ1n) is 9.14. The molecular formula is C23H17NO4S2. The van der Waals surface area contributed by atoms with Crippen LogP contribution in [0.5, 0.6) is 5.75 Å². The summed E-state index contributed by atoms with van der Waals surface area (Å²) in [5.74, 6) is -0.120. The van der Waals surface area contributed by atoms with Crippen LogP contribution in [0.4, 0.5) is 0 Å². The van der Waals surface area contributed by atoms with E-state index in [9.17, 15) is 9.59 Å². The summed E-state index contributed by atoms with van der Waals surface area (Å²) in [5.41, 5.74) is 2.19. The molecule has 0 spiro atoms. The fourth-order valence-electron chi connectivity index (χ4n) is 3.09. The highest BCUT2D eigenvalue weighted by Crippen LogP contribution is 2.32. The predicted molar refractivity (Wildman–Crippen MR) is 122 cm³/mol. The third kappa shape index (κ3) is 3.81. The number of thioether (sulfide) groups is 1. The lowest BCUT2D eigenvalue weighted by molar-refractivity contribution is -0.121. The van der Waals surface area contributed by atoms with Crippen molar-refractivity contribution >= 4 is 57.2 Å². The number of furan rings is 1. The molecule has 30 heavy (non-hydrogen) atoms. The molecule has 0 bridgehead atoms. The second-order valence-corrected chi connectivity index (χ2v) is 8.27. The Balaban J connectivity index is 1.49. The van der Waals surface area contributed by atoms with Gasteiger partial charge < -0.3 is 9.15 Å². The molecule has 7 heteroatoms. The molecule has 1 aromatic heterocycles. The van der Waals surface area contributed by atoms with Gasteiger partial charge in [0.05, 0.1) is 4.91 Å². The summed E-state index contributed by atoms with van der Waals surface area (Å²) >= 11 is 6.49. The van der Waals surface area contributed by atoms with Crippen LogP contribution in [-0.4, -0.2) is 27.6 Å². The molecule has 1 aliphatic heterocycles. The zero-order chi connectivity index (χ0) is 21.3. The smallest absolute Gasteiger partial charge is 0.379 e. The van der Waals surface area contributed by atoms with Crippen LogP contribution in [0.15, 0.2) is 70.5 Å². The zero-order valence-corrected chi connectivity index (χ0v) is 17.7. The molecule has 0 unspecified atom stereocenters. The van der Waals surface area contributed by atoms with Gasteiger partial charge in [-0.25, -0.2) is 4.79 Å². The molecule has 0 atom stereocenters. The lowest BCUT2D eigenvalue weighted by Gasteiger charge is -2.10. The van der Waals surface area contributed by atoms with E-state index in [0.29, 0.717) is 27.1 Å². The van der Waals surface area contributed by atoms with Gasteiger partial charge in [0, 0.05) is 17.5 Å². The number of hydrogen-bond acceptors (Lipinski definition) is 6. The van der Waals surface area contributed by atoms with Gasteiger partial charge in [-0.3, -0.25) is 9.69 Å². The number of amides is 1. The van der Waals surface area contributed by atoms with E-state index >= 15 is 0 Å². The maximum Gasteiger partial charge on any atom is 0.379 e. The summed E-state index contributed by atoms with van der Waals surface area (Å²) in [6.45, 7) is 5.86. The minimum atomic E-state index is -0.554. The Hall–Kier alpha value is -3.16. The number of nitrogens with zero attached hydrogens (tertiary/aromatic N) is 1. The highest BCUT2D eigenvalue weighted by Gasteiger charge is 2.30. The van der Waals surface area contributed by atoms with Crippen molar-refractivity contribution in [2.75, 3.05) is 6.54 Å². The third-order valence-corrected chi connectivity index (χ3v) is 5.98. The molecule has 1 aliphatic rings. The van der Waals surface area contributed by atoms with Crippen molar-refractivity contribution in [1.82, 2.24) is 4.90 Å². The molecule has 150 valence electrons. The molecule has 0 saturated carbocycles. The number of fused-ring (bicyclic) bond motifs is 1. The maximum atomic E-state index is 12.5. The first kappa shape index (κ1) is 20.1. The highest BCUT2D eigenvalue weighted by molar-refractivity contribution is 8.26. The maximum absolute atomic E-state index is 12.5. The van der Waals surface area contributed by atoms with Crippen molar-refractivity contribution in [2.45, 2.75) is 6.92 Å². The van der Waals surface area contributed by atoms with Crippen LogP contribution in [0, 0.1) is 6.92 Å². The number of hydrogen-bond donors (Lipinski definition) is 0. The van der Waals surface area contributed by atoms with Crippen LogP contribution in [-0.2, 0) is 4.79 Å². The summed E-state index contributed by atoms with van der Waals surface area (Å²) in [7, 11) is 0. The standard InChI is InChI=1S/C23H17NO4S2/c1-3-12-24-21(25)19(30-23(24)29)13-15-8-10-16(11-9-15)27-22(26)20-14(2)17-6-4-5-7-18(17)28-20/h3-11,13H,1,12H2,2H3. The van der Waals surface area contributed by atoms with Crippen molar-refractivity contribution in [3.8, 4) is 5.75 Å². The second kappa shape index (κ2) is 8.30. The second-order valence-electron chi connectivity index (χ2n) is 6.59. The Bertz CT molecular complexity index is 1210. The van der Waals surface area contributed by atoms with Crippen LogP contribution >= 0.6 is 24.0 Å². The van der Waals surface area contributed by atoms with E-state index in [0.717, 1.165) is 16.5 Å². The minimum absolute atomic E-state index is 0.138. The van der Waals surface area contributed by atoms with E-state index in [1.807, 2.05) is 31.2 Å². The van der Waals surface area contributed by atoms with Gasteiger partial charge in [-0.05, 0) is 36.8 Å². The molecule has 3 aromatic rings. The quantitative estimate of drug-likeness (QED) is 0.177. The fourth-order valence-corrected chi connectivity index (χ4v) is 4.37. The number of carbonyl (C=O) groups excluding carboxylic acids is 2. The van der Waals surface area contributed by atoms with E-state index in [1.54, 1.807) is 36.4 Å². The van der Waals surface area contributed by atoms with Gasteiger partial charge in [0.1, 0.15) is 15.7 Å². The van der Waals surface area contributed by atoms with Crippen molar-refractivity contribution in [3.63, 3.8) is 0 Å². The molecule has 5 nitrogen and oxygen atoms in total. The average molecular weight is 436 g/mol. The molecule has 1 fully saturated rings. The topological polar surface area (TPSA) is 59.8 Å². The summed E-state index contributed by atoms with van der Waals surface area (Å²) in [4.78, 5) is 27.0. The molecule has 1 amide bonds. The van der Waals surface area contributed by atoms with Gasteiger partial charge >= 0.3 is 5.97 Å². The lowest BCUT2D eigenvalue weighted by atomic mass is 10.1. The van der Waals surface area contributed by atoms with Crippen molar-refractivity contribution in [3.05, 3.63) is 83.0 Å². The Kier molecular flexibility index (Phi) is 5.57. The molecule has 0 aliphatic carbocycles. The number of aryl methyl sites for hydroxylation is 1. The fraction of sp³-hybridized carbons (Fsp3) is 0.0870. The molecule has 2 aromatic carbocycles. The van der Waals surface area contributed by atoms with E-state index in [2.05, 4.69) is 6.58 Å². The largest absolute Gasteiger partial charge is 0.449 e. The lowest BCUT2D eigenvalue weighted by Crippen LogP contribution is -2.27. The molecule has 2 heterocycles. The van der Waals surface area contributed by atoms with E-state index in [-0.39, 0.29) is 11.7 Å². The van der Waals surface area contributed by atoms with Crippen LogP contribution in [0.2, 0.25) is 0 Å². The Morgan fingerprint density at radius 1 is 1.23 bits per heavy atom. The number of para-hydroxylation sites is 1. The van der Waals surface area contributed by atoms with Crippen molar-refractivity contribution < 1.29 is 18.7 Å². The SMILES string of the molecule is C=CCN1C(=O)C(=Cc2ccc(OC(=O)c3oc4ccccc4c3C)cc2)SC1=S. The molecule has 0 radical (unpaired) electrons. The van der Waals surface area contributed by atoms with Gasteiger partial charge in [-0.1, -0.05) is 60.4 Å². The molecule has 4 rings (SSSR count). The summed E-state index contributed by atoms with van der Waals surface area (Å²) < 4.78 is 11.6. The highest BCUT2D eigenvalue weighted by atomic mass is 32.2. The van der Waals surface area contributed by atoms with E-state index < -0.39 is 5.97 Å². The third-order valence-electron chi connectivity index (χ3n) is 4.60. The van der Waals surface area contributed by atoms with Crippen LogP contribution in [0.25, 0.3) is 17.0 Å². The van der Waals surface area contributed by atoms with E-state index in [1.165, 1.54) is 16.7 Å². The van der Waals surface area contributed by atoms with Crippen LogP contribution < -0.4 is 4.74 Å². The number of thiocarbonyl (C=S) groups is 1. The number of benzene rings is 2.